The molecule has 0 saturated heterocycles. The van der Waals surface area contributed by atoms with Crippen molar-refractivity contribution < 1.29 is 9.21 Å². The largest absolute Gasteiger partial charge is 0.408 e. The Bertz CT molecular complexity index is 801. The molecule has 1 saturated carbocycles. The maximum absolute atomic E-state index is 12.9. The molecule has 1 amide bonds. The van der Waals surface area contributed by atoms with Crippen molar-refractivity contribution >= 4 is 11.9 Å². The summed E-state index contributed by atoms with van der Waals surface area (Å²) >= 11 is 0. The maximum Gasteiger partial charge on any atom is 0.318 e. The van der Waals surface area contributed by atoms with Gasteiger partial charge >= 0.3 is 6.01 Å². The molecule has 3 heterocycles. The zero-order valence-corrected chi connectivity index (χ0v) is 15.7. The van der Waals surface area contributed by atoms with Crippen molar-refractivity contribution in [3.05, 3.63) is 23.3 Å². The summed E-state index contributed by atoms with van der Waals surface area (Å²) in [5, 5.41) is 12.5. The molecular weight excluding hydrogens is 332 g/mol. The summed E-state index contributed by atoms with van der Waals surface area (Å²) in [7, 11) is 1.91. The van der Waals surface area contributed by atoms with Crippen molar-refractivity contribution in [3.63, 3.8) is 0 Å². The van der Waals surface area contributed by atoms with Gasteiger partial charge in [-0.15, -0.1) is 5.10 Å². The fourth-order valence-electron chi connectivity index (χ4n) is 4.06. The first-order chi connectivity index (χ1) is 12.5. The average Bonchev–Trinajstić information content (AvgIpc) is 3.20. The predicted octanol–water partition coefficient (Wildman–Crippen LogP) is 2.13. The minimum atomic E-state index is -0.130. The van der Waals surface area contributed by atoms with Gasteiger partial charge in [0.05, 0.1) is 25.0 Å². The quantitative estimate of drug-likeness (QED) is 0.815. The van der Waals surface area contributed by atoms with Crippen LogP contribution in [0.3, 0.4) is 0 Å². The predicted molar refractivity (Wildman–Crippen MR) is 95.4 cm³/mol. The minimum Gasteiger partial charge on any atom is -0.408 e. The smallest absolute Gasteiger partial charge is 0.318 e. The molecule has 0 bridgehead atoms. The van der Waals surface area contributed by atoms with Crippen LogP contribution in [0.1, 0.15) is 49.8 Å². The summed E-state index contributed by atoms with van der Waals surface area (Å²) in [4.78, 5) is 16.9. The van der Waals surface area contributed by atoms with E-state index in [1.165, 1.54) is 0 Å². The van der Waals surface area contributed by atoms with E-state index in [4.69, 9.17) is 4.42 Å². The van der Waals surface area contributed by atoms with E-state index in [0.717, 1.165) is 50.0 Å². The first-order valence-electron chi connectivity index (χ1n) is 9.36. The van der Waals surface area contributed by atoms with Gasteiger partial charge in [0.25, 0.3) is 0 Å². The van der Waals surface area contributed by atoms with Crippen molar-refractivity contribution in [3.8, 4) is 0 Å². The monoisotopic (exact) mass is 358 g/mol. The fraction of sp³-hybridized carbons (Fsp3) is 0.667. The molecule has 2 aromatic heterocycles. The summed E-state index contributed by atoms with van der Waals surface area (Å²) in [5.74, 6) is 0.835. The lowest BCUT2D eigenvalue weighted by Gasteiger charge is -2.42. The Morgan fingerprint density at radius 2 is 2.15 bits per heavy atom. The summed E-state index contributed by atoms with van der Waals surface area (Å²) in [5.41, 5.74) is 2.08. The van der Waals surface area contributed by atoms with Gasteiger partial charge < -0.3 is 14.2 Å². The number of rotatable bonds is 5. The molecule has 8 nitrogen and oxygen atoms in total. The molecule has 0 radical (unpaired) electrons. The second-order valence-corrected chi connectivity index (χ2v) is 7.51. The third-order valence-electron chi connectivity index (χ3n) is 5.94. The van der Waals surface area contributed by atoms with Crippen LogP contribution < -0.4 is 4.90 Å². The molecular formula is C18H26N6O2. The van der Waals surface area contributed by atoms with E-state index in [0.29, 0.717) is 25.0 Å². The van der Waals surface area contributed by atoms with Crippen LogP contribution in [-0.4, -0.2) is 44.4 Å². The maximum atomic E-state index is 12.9. The second-order valence-electron chi connectivity index (χ2n) is 7.51. The highest BCUT2D eigenvalue weighted by atomic mass is 16.4. The summed E-state index contributed by atoms with van der Waals surface area (Å²) in [6.07, 6.45) is 6.01. The lowest BCUT2D eigenvalue weighted by atomic mass is 9.66. The van der Waals surface area contributed by atoms with Crippen LogP contribution in [0.25, 0.3) is 0 Å². The molecule has 4 rings (SSSR count). The molecule has 0 N–H and O–H groups in total. The number of aryl methyl sites for hydroxylation is 1. The van der Waals surface area contributed by atoms with E-state index in [1.54, 1.807) is 6.92 Å². The number of nitrogens with zero attached hydrogens (tertiary/aromatic N) is 6. The summed E-state index contributed by atoms with van der Waals surface area (Å²) in [6.45, 7) is 6.72. The number of hydrogen-bond acceptors (Lipinski definition) is 6. The van der Waals surface area contributed by atoms with Gasteiger partial charge in [0.15, 0.2) is 0 Å². The Balaban J connectivity index is 1.49. The van der Waals surface area contributed by atoms with Crippen LogP contribution in [0.5, 0.6) is 0 Å². The second kappa shape index (κ2) is 6.41. The van der Waals surface area contributed by atoms with E-state index >= 15 is 0 Å². The van der Waals surface area contributed by atoms with Crippen molar-refractivity contribution in [2.24, 2.45) is 5.41 Å². The topological polar surface area (TPSA) is 80.3 Å². The van der Waals surface area contributed by atoms with Gasteiger partial charge in [-0.25, -0.2) is 0 Å². The van der Waals surface area contributed by atoms with Crippen LogP contribution in [-0.2, 0) is 24.4 Å². The van der Waals surface area contributed by atoms with Gasteiger partial charge in [-0.05, 0) is 19.3 Å². The standard InChI is InChI=1S/C18H26N6O2/c1-4-18(6-5-7-18)16(25)22(3)11-14-10-19-24-9-8-23(12-15(14)24)17-21-20-13(2)26-17/h10H,4-9,11-12H2,1-3H3. The van der Waals surface area contributed by atoms with Crippen LogP contribution in [0.2, 0.25) is 0 Å². The van der Waals surface area contributed by atoms with Crippen molar-refractivity contribution in [2.75, 3.05) is 18.5 Å². The Labute approximate surface area is 153 Å². The van der Waals surface area contributed by atoms with E-state index in [1.807, 2.05) is 22.8 Å². The first-order valence-corrected chi connectivity index (χ1v) is 9.36. The highest BCUT2D eigenvalue weighted by molar-refractivity contribution is 5.83. The molecule has 8 heteroatoms. The van der Waals surface area contributed by atoms with Crippen LogP contribution in [0.15, 0.2) is 10.6 Å². The number of aromatic nitrogens is 4. The summed E-state index contributed by atoms with van der Waals surface area (Å²) in [6, 6.07) is 0.546. The minimum absolute atomic E-state index is 0.130. The normalized spacial score (nSPS) is 18.3. The Kier molecular flexibility index (Phi) is 4.20. The van der Waals surface area contributed by atoms with Crippen LogP contribution in [0.4, 0.5) is 6.01 Å². The van der Waals surface area contributed by atoms with Gasteiger partial charge in [0, 0.05) is 38.0 Å². The van der Waals surface area contributed by atoms with Gasteiger partial charge in [0.2, 0.25) is 11.8 Å². The molecule has 1 aliphatic heterocycles. The van der Waals surface area contributed by atoms with E-state index in [9.17, 15) is 4.79 Å². The number of amides is 1. The number of hydrogen-bond donors (Lipinski definition) is 0. The molecule has 140 valence electrons. The molecule has 1 fully saturated rings. The molecule has 0 aromatic carbocycles. The number of anilines is 1. The zero-order valence-electron chi connectivity index (χ0n) is 15.7. The Hall–Kier alpha value is -2.38. The number of carbonyl (C=O) groups is 1. The molecule has 26 heavy (non-hydrogen) atoms. The van der Waals surface area contributed by atoms with Gasteiger partial charge in [-0.2, -0.15) is 5.10 Å². The highest BCUT2D eigenvalue weighted by Gasteiger charge is 2.44. The summed E-state index contributed by atoms with van der Waals surface area (Å²) < 4.78 is 7.58. The lowest BCUT2D eigenvalue weighted by molar-refractivity contribution is -0.147. The van der Waals surface area contributed by atoms with Crippen LogP contribution >= 0.6 is 0 Å². The number of carbonyl (C=O) groups excluding carboxylic acids is 1. The van der Waals surface area contributed by atoms with Crippen molar-refractivity contribution in [2.45, 2.75) is 59.2 Å². The lowest BCUT2D eigenvalue weighted by Crippen LogP contribution is -2.46. The van der Waals surface area contributed by atoms with Crippen molar-refractivity contribution in [1.29, 1.82) is 0 Å². The SMILES string of the molecule is CCC1(C(=O)N(C)Cc2cnn3c2CN(c2nnc(C)o2)CC3)CCC1. The Morgan fingerprint density at radius 3 is 2.77 bits per heavy atom. The first kappa shape index (κ1) is 17.1. The molecule has 1 aliphatic carbocycles. The fourth-order valence-corrected chi connectivity index (χ4v) is 4.06. The Morgan fingerprint density at radius 1 is 1.35 bits per heavy atom. The zero-order chi connectivity index (χ0) is 18.3. The molecule has 2 aromatic rings. The van der Waals surface area contributed by atoms with Crippen LogP contribution in [0, 0.1) is 12.3 Å². The highest BCUT2D eigenvalue weighted by Crippen LogP contribution is 2.45. The van der Waals surface area contributed by atoms with Gasteiger partial charge in [0.1, 0.15) is 0 Å². The van der Waals surface area contributed by atoms with E-state index < -0.39 is 0 Å². The third-order valence-corrected chi connectivity index (χ3v) is 5.94. The third kappa shape index (κ3) is 2.77. The van der Waals surface area contributed by atoms with Gasteiger partial charge in [-0.1, -0.05) is 18.4 Å². The molecule has 0 spiro atoms. The van der Waals surface area contributed by atoms with Crippen molar-refractivity contribution in [1.82, 2.24) is 24.9 Å². The molecule has 2 aliphatic rings. The number of fused-ring (bicyclic) bond motifs is 1. The average molecular weight is 358 g/mol. The van der Waals surface area contributed by atoms with Gasteiger partial charge in [-0.3, -0.25) is 9.48 Å². The van der Waals surface area contributed by atoms with E-state index in [2.05, 4.69) is 27.1 Å². The molecule has 0 atom stereocenters. The van der Waals surface area contributed by atoms with E-state index in [-0.39, 0.29) is 11.3 Å². The molecule has 0 unspecified atom stereocenters.